The second-order valence-electron chi connectivity index (χ2n) is 8.37. The molecule has 0 aromatic heterocycles. The number of hydrogen-bond donors (Lipinski definition) is 1. The molecule has 174 valence electrons. The Morgan fingerprint density at radius 2 is 1.61 bits per heavy atom. The molecule has 0 aliphatic carbocycles. The van der Waals surface area contributed by atoms with Gasteiger partial charge in [-0.25, -0.2) is 0 Å². The van der Waals surface area contributed by atoms with Crippen LogP contribution in [0.4, 0.5) is 0 Å². The summed E-state index contributed by atoms with van der Waals surface area (Å²) in [6.45, 7) is 15.2. The molecular formula is C24H41N5O2. The fourth-order valence-corrected chi connectivity index (χ4v) is 4.45. The van der Waals surface area contributed by atoms with Gasteiger partial charge in [-0.05, 0) is 62.5 Å². The van der Waals surface area contributed by atoms with Crippen LogP contribution in [0.25, 0.3) is 0 Å². The number of methoxy groups -OCH3 is 2. The van der Waals surface area contributed by atoms with Crippen molar-refractivity contribution in [1.29, 1.82) is 0 Å². The predicted octanol–water partition coefficient (Wildman–Crippen LogP) is 2.45. The van der Waals surface area contributed by atoms with Crippen LogP contribution in [0.1, 0.15) is 37.8 Å². The number of nitrogens with zero attached hydrogens (tertiary/aromatic N) is 4. The lowest BCUT2D eigenvalue weighted by molar-refractivity contribution is 0.136. The molecule has 2 heterocycles. The molecule has 7 nitrogen and oxygen atoms in total. The van der Waals surface area contributed by atoms with E-state index in [4.69, 9.17) is 14.5 Å². The van der Waals surface area contributed by atoms with Gasteiger partial charge in [0.25, 0.3) is 0 Å². The summed E-state index contributed by atoms with van der Waals surface area (Å²) in [5.41, 5.74) is 2.63. The standard InChI is InChI=1S/C24H41N5O2/c1-5-25-24(26-10-7-8-11-28-15-13-27(6-2)14-16-28)29-12-9-20-17-22(30-3)23(31-4)18-21(20)19-29/h17-18H,5-16,19H2,1-4H3,(H,25,26). The van der Waals surface area contributed by atoms with Gasteiger partial charge >= 0.3 is 0 Å². The van der Waals surface area contributed by atoms with Crippen molar-refractivity contribution < 1.29 is 9.47 Å². The maximum atomic E-state index is 5.50. The van der Waals surface area contributed by atoms with Crippen molar-refractivity contribution in [3.8, 4) is 11.5 Å². The number of rotatable bonds is 9. The minimum Gasteiger partial charge on any atom is -0.493 e. The van der Waals surface area contributed by atoms with E-state index in [1.165, 1.54) is 56.8 Å². The molecule has 0 unspecified atom stereocenters. The molecule has 2 aliphatic rings. The molecule has 1 aromatic carbocycles. The summed E-state index contributed by atoms with van der Waals surface area (Å²) in [5.74, 6) is 2.63. The van der Waals surface area contributed by atoms with Crippen LogP contribution in [0.15, 0.2) is 17.1 Å². The van der Waals surface area contributed by atoms with Gasteiger partial charge in [0.05, 0.1) is 14.2 Å². The van der Waals surface area contributed by atoms with E-state index < -0.39 is 0 Å². The zero-order valence-corrected chi connectivity index (χ0v) is 20.0. The normalized spacial score (nSPS) is 18.1. The Balaban J connectivity index is 1.50. The predicted molar refractivity (Wildman–Crippen MR) is 127 cm³/mol. The topological polar surface area (TPSA) is 52.6 Å². The maximum absolute atomic E-state index is 5.50. The van der Waals surface area contributed by atoms with Gasteiger partial charge in [-0.1, -0.05) is 6.92 Å². The van der Waals surface area contributed by atoms with E-state index in [0.717, 1.165) is 56.5 Å². The lowest BCUT2D eigenvalue weighted by Gasteiger charge is -2.34. The highest BCUT2D eigenvalue weighted by Gasteiger charge is 2.21. The number of unbranched alkanes of at least 4 members (excludes halogenated alkanes) is 1. The highest BCUT2D eigenvalue weighted by molar-refractivity contribution is 5.80. The third-order valence-corrected chi connectivity index (χ3v) is 6.41. The number of piperazine rings is 1. The van der Waals surface area contributed by atoms with Crippen LogP contribution < -0.4 is 14.8 Å². The largest absolute Gasteiger partial charge is 0.493 e. The molecule has 1 fully saturated rings. The van der Waals surface area contributed by atoms with Crippen molar-refractivity contribution in [3.63, 3.8) is 0 Å². The fourth-order valence-electron chi connectivity index (χ4n) is 4.45. The minimum atomic E-state index is 0.796. The molecular weight excluding hydrogens is 390 g/mol. The summed E-state index contributed by atoms with van der Waals surface area (Å²) in [7, 11) is 3.39. The van der Waals surface area contributed by atoms with Gasteiger partial charge in [0.15, 0.2) is 17.5 Å². The van der Waals surface area contributed by atoms with Crippen molar-refractivity contribution >= 4 is 5.96 Å². The monoisotopic (exact) mass is 431 g/mol. The molecule has 0 saturated carbocycles. The highest BCUT2D eigenvalue weighted by Crippen LogP contribution is 2.33. The van der Waals surface area contributed by atoms with Crippen LogP contribution in [-0.2, 0) is 13.0 Å². The quantitative estimate of drug-likeness (QED) is 0.368. The number of likely N-dealkylation sites (N-methyl/N-ethyl adjacent to an activating group) is 1. The average molecular weight is 432 g/mol. The number of aliphatic imine (C=N–C) groups is 1. The molecule has 2 aliphatic heterocycles. The molecule has 0 spiro atoms. The van der Waals surface area contributed by atoms with Crippen LogP contribution in [0, 0.1) is 0 Å². The Bertz CT molecular complexity index is 716. The van der Waals surface area contributed by atoms with Crippen LogP contribution in [0.3, 0.4) is 0 Å². The Morgan fingerprint density at radius 3 is 2.26 bits per heavy atom. The molecule has 1 aromatic rings. The molecule has 7 heteroatoms. The van der Waals surface area contributed by atoms with Gasteiger partial charge in [0.2, 0.25) is 0 Å². The average Bonchev–Trinajstić information content (AvgIpc) is 2.82. The van der Waals surface area contributed by atoms with E-state index in [2.05, 4.69) is 46.0 Å². The summed E-state index contributed by atoms with van der Waals surface area (Å²) in [5, 5.41) is 3.49. The Morgan fingerprint density at radius 1 is 0.935 bits per heavy atom. The summed E-state index contributed by atoms with van der Waals surface area (Å²) >= 11 is 0. The molecule has 3 rings (SSSR count). The number of fused-ring (bicyclic) bond motifs is 1. The van der Waals surface area contributed by atoms with Crippen molar-refractivity contribution in [2.75, 3.05) is 73.1 Å². The van der Waals surface area contributed by atoms with E-state index in [-0.39, 0.29) is 0 Å². The van der Waals surface area contributed by atoms with Gasteiger partial charge < -0.3 is 29.5 Å². The third kappa shape index (κ3) is 6.50. The van der Waals surface area contributed by atoms with E-state index in [1.54, 1.807) is 14.2 Å². The second-order valence-corrected chi connectivity index (χ2v) is 8.37. The first kappa shape index (κ1) is 23.7. The molecule has 1 saturated heterocycles. The van der Waals surface area contributed by atoms with E-state index in [9.17, 15) is 0 Å². The molecule has 0 radical (unpaired) electrons. The second kappa shape index (κ2) is 12.2. The van der Waals surface area contributed by atoms with Crippen LogP contribution in [0.5, 0.6) is 11.5 Å². The number of ether oxygens (including phenoxy) is 2. The summed E-state index contributed by atoms with van der Waals surface area (Å²) in [6.07, 6.45) is 3.34. The SMILES string of the molecule is CCNC(=NCCCCN1CCN(CC)CC1)N1CCc2cc(OC)c(OC)cc2C1. The highest BCUT2D eigenvalue weighted by atomic mass is 16.5. The van der Waals surface area contributed by atoms with Crippen molar-refractivity contribution in [3.05, 3.63) is 23.3 Å². The number of nitrogens with one attached hydrogen (secondary N) is 1. The zero-order valence-electron chi connectivity index (χ0n) is 20.0. The van der Waals surface area contributed by atoms with Crippen molar-refractivity contribution in [1.82, 2.24) is 20.0 Å². The molecule has 0 bridgehead atoms. The molecule has 1 N–H and O–H groups in total. The first-order chi connectivity index (χ1) is 15.2. The Kier molecular flexibility index (Phi) is 9.28. The lowest BCUT2D eigenvalue weighted by Crippen LogP contribution is -2.46. The van der Waals surface area contributed by atoms with Gasteiger partial charge in [-0.2, -0.15) is 0 Å². The van der Waals surface area contributed by atoms with E-state index in [1.807, 2.05) is 0 Å². The van der Waals surface area contributed by atoms with Gasteiger partial charge in [0.1, 0.15) is 0 Å². The molecule has 31 heavy (non-hydrogen) atoms. The number of guanidine groups is 1. The van der Waals surface area contributed by atoms with E-state index in [0.29, 0.717) is 0 Å². The first-order valence-corrected chi connectivity index (χ1v) is 11.9. The molecule has 0 atom stereocenters. The maximum Gasteiger partial charge on any atom is 0.194 e. The van der Waals surface area contributed by atoms with Crippen LogP contribution in [-0.4, -0.2) is 93.8 Å². The Labute approximate surface area is 188 Å². The molecule has 0 amide bonds. The minimum absolute atomic E-state index is 0.796. The summed E-state index contributed by atoms with van der Waals surface area (Å²) in [6, 6.07) is 4.23. The van der Waals surface area contributed by atoms with Crippen LogP contribution in [0.2, 0.25) is 0 Å². The summed E-state index contributed by atoms with van der Waals surface area (Å²) < 4.78 is 11.0. The Hall–Kier alpha value is -1.99. The zero-order chi connectivity index (χ0) is 22.1. The van der Waals surface area contributed by atoms with E-state index >= 15 is 0 Å². The number of benzene rings is 1. The van der Waals surface area contributed by atoms with Gasteiger partial charge in [-0.15, -0.1) is 0 Å². The van der Waals surface area contributed by atoms with Gasteiger partial charge in [0, 0.05) is 52.4 Å². The van der Waals surface area contributed by atoms with Crippen molar-refractivity contribution in [2.45, 2.75) is 39.7 Å². The summed E-state index contributed by atoms with van der Waals surface area (Å²) in [4.78, 5) is 12.4. The fraction of sp³-hybridized carbons (Fsp3) is 0.708. The number of hydrogen-bond acceptors (Lipinski definition) is 5. The third-order valence-electron chi connectivity index (χ3n) is 6.41. The van der Waals surface area contributed by atoms with Crippen molar-refractivity contribution in [2.24, 2.45) is 4.99 Å². The van der Waals surface area contributed by atoms with Crippen LogP contribution >= 0.6 is 0 Å². The van der Waals surface area contributed by atoms with Gasteiger partial charge in [-0.3, -0.25) is 4.99 Å². The first-order valence-electron chi connectivity index (χ1n) is 11.9. The smallest absolute Gasteiger partial charge is 0.194 e. The lowest BCUT2D eigenvalue weighted by atomic mass is 9.99.